The van der Waals surface area contributed by atoms with E-state index in [1.165, 1.54) is 66.8 Å². The van der Waals surface area contributed by atoms with Crippen molar-refractivity contribution < 1.29 is 34.1 Å². The molecule has 0 saturated carbocycles. The van der Waals surface area contributed by atoms with Crippen LogP contribution in [-0.2, 0) is 34.1 Å². The monoisotopic (exact) mass is 1240 g/mol. The number of pyridine rings is 4. The van der Waals surface area contributed by atoms with E-state index >= 15 is 0 Å². The van der Waals surface area contributed by atoms with Gasteiger partial charge in [0.1, 0.15) is 0 Å². The van der Waals surface area contributed by atoms with Crippen LogP contribution in [0.1, 0.15) is 91.5 Å². The summed E-state index contributed by atoms with van der Waals surface area (Å²) in [5, 5.41) is 10.6. The van der Waals surface area contributed by atoms with Crippen molar-refractivity contribution in [2.75, 3.05) is 0 Å². The van der Waals surface area contributed by atoms with E-state index in [9.17, 15) is 0 Å². The number of hydrogen-bond donors (Lipinski definition) is 0. The smallest absolute Gasteiger partial charge is 0.668 e. The largest absolute Gasteiger partial charge is 2.00 e. The van der Waals surface area contributed by atoms with Crippen molar-refractivity contribution in [2.24, 2.45) is 0 Å². The quantitative estimate of drug-likeness (QED) is 0.114. The summed E-state index contributed by atoms with van der Waals surface area (Å²) in [5.41, 5.74) is 18.4. The fourth-order valence-corrected chi connectivity index (χ4v) is 26.5. The number of aromatic nitrogens is 4. The molecule has 0 saturated heterocycles. The van der Waals surface area contributed by atoms with E-state index in [4.69, 9.17) is 19.9 Å². The molecule has 14 heteroatoms. The van der Waals surface area contributed by atoms with Gasteiger partial charge in [0.2, 0.25) is 0 Å². The molecular weight excluding hydrogens is 1150 g/mol. The third kappa shape index (κ3) is 19.9. The molecule has 6 heterocycles. The van der Waals surface area contributed by atoms with Gasteiger partial charge in [0, 0.05) is 47.6 Å². The van der Waals surface area contributed by atoms with Crippen LogP contribution in [0.3, 0.4) is 0 Å². The standard InChI is InChI=1S/2C28H24N3.2C6H18NSi2.2Fe/c2*1-19-9-13-21(14-10-19)25-26(22-15-11-20(2)12-16-22)28(24-8-4-6-18-30-24)31-27(25)23-7-3-5-17-29-23;2*1-8(2,3)7-9(4,5)6;;/h2*3-18,27-28H,1-2H3;2*1-6H3;;/q4*-1;2*+2/t2*27-,28+;;;;. The number of benzene rings is 4. The molecule has 0 radical (unpaired) electrons. The summed E-state index contributed by atoms with van der Waals surface area (Å²) in [6.07, 6.45) is 7.38. The number of aryl methyl sites for hydroxylation is 4. The minimum atomic E-state index is -1.11. The molecule has 4 aromatic carbocycles. The molecule has 0 N–H and O–H groups in total. The predicted octanol–water partition coefficient (Wildman–Crippen LogP) is 19.8. The van der Waals surface area contributed by atoms with Crippen LogP contribution in [0.5, 0.6) is 0 Å². The Bertz CT molecular complexity index is 2830. The fourth-order valence-electron chi connectivity index (χ4n) is 10.4. The first-order valence-electron chi connectivity index (χ1n) is 28.1. The third-order valence-corrected chi connectivity index (χ3v) is 23.7. The van der Waals surface area contributed by atoms with Gasteiger partial charge in [0.05, 0.1) is 0 Å². The molecule has 2 aliphatic heterocycles. The van der Waals surface area contributed by atoms with Crippen LogP contribution in [0.2, 0.25) is 78.6 Å². The van der Waals surface area contributed by atoms with Gasteiger partial charge in [-0.05, 0) is 121 Å². The maximum Gasteiger partial charge on any atom is 2.00 e. The van der Waals surface area contributed by atoms with Gasteiger partial charge in [-0.15, -0.1) is 0 Å². The molecule has 0 fully saturated rings. The van der Waals surface area contributed by atoms with Gasteiger partial charge in [0.15, 0.2) is 0 Å². The molecule has 0 bridgehead atoms. The number of hydrogen-bond acceptors (Lipinski definition) is 4. The molecule has 0 unspecified atom stereocenters. The van der Waals surface area contributed by atoms with Crippen LogP contribution >= 0.6 is 0 Å². The SMILES string of the molecule is C[Si](C)(C)[N-][Si](C)(C)C.C[Si](C)(C)[N-][Si](C)(C)C.Cc1ccc(C2=C(c3ccc(C)cc3)[C@@H](c3ccccn3)[N-][C@H]2c2ccccn2)cc1.Cc1ccc(C2=C(c3ccc(C)cc3)[C@@H](c3ccccn3)[N-][C@H]2c2ccccn2)cc1.[Fe+2].[Fe+2]. The maximum atomic E-state index is 5.29. The summed E-state index contributed by atoms with van der Waals surface area (Å²) >= 11 is 0. The van der Waals surface area contributed by atoms with Crippen LogP contribution in [0, 0.1) is 27.7 Å². The van der Waals surface area contributed by atoms with E-state index in [2.05, 4.69) is 248 Å². The average molecular weight is 1240 g/mol. The van der Waals surface area contributed by atoms with Crippen molar-refractivity contribution >= 4 is 55.2 Å². The van der Waals surface area contributed by atoms with Crippen molar-refractivity contribution in [3.8, 4) is 0 Å². The van der Waals surface area contributed by atoms with Gasteiger partial charge in [-0.25, -0.2) is 0 Å². The fraction of sp³-hybridized carbons (Fsp3) is 0.294. The minimum Gasteiger partial charge on any atom is -0.668 e. The summed E-state index contributed by atoms with van der Waals surface area (Å²) in [6.45, 7) is 36.0. The van der Waals surface area contributed by atoms with Gasteiger partial charge < -0.3 is 19.9 Å². The molecule has 428 valence electrons. The molecule has 0 aliphatic carbocycles. The Kier molecular flexibility index (Phi) is 24.7. The Morgan fingerprint density at radius 1 is 0.280 bits per heavy atom. The Morgan fingerprint density at radius 2 is 0.463 bits per heavy atom. The molecule has 8 nitrogen and oxygen atoms in total. The zero-order valence-electron chi connectivity index (χ0n) is 51.1. The molecule has 82 heavy (non-hydrogen) atoms. The average Bonchev–Trinajstić information content (AvgIpc) is 3.81. The van der Waals surface area contributed by atoms with Crippen LogP contribution < -0.4 is 0 Å². The van der Waals surface area contributed by atoms with Crippen molar-refractivity contribution in [1.29, 1.82) is 0 Å². The second-order valence-electron chi connectivity index (χ2n) is 25.0. The molecule has 4 aromatic heterocycles. The Labute approximate surface area is 517 Å². The van der Waals surface area contributed by atoms with Gasteiger partial charge in [0.25, 0.3) is 0 Å². The third-order valence-electron chi connectivity index (χ3n) is 12.9. The second-order valence-corrected chi connectivity index (χ2v) is 44.1. The van der Waals surface area contributed by atoms with E-state index in [1.807, 2.05) is 73.3 Å². The Balaban J connectivity index is 0.000000228. The summed E-state index contributed by atoms with van der Waals surface area (Å²) in [4.78, 5) is 18.7. The molecular formula is C68H84Fe2N8Si4. The predicted molar refractivity (Wildman–Crippen MR) is 353 cm³/mol. The van der Waals surface area contributed by atoms with Crippen molar-refractivity contribution in [3.05, 3.63) is 282 Å². The number of rotatable bonds is 12. The molecule has 0 amide bonds. The van der Waals surface area contributed by atoms with Crippen molar-refractivity contribution in [2.45, 2.75) is 130 Å². The molecule has 10 rings (SSSR count). The van der Waals surface area contributed by atoms with Gasteiger partial charge in [-0.2, -0.15) is 0 Å². The minimum absolute atomic E-state index is 0. The van der Waals surface area contributed by atoms with Crippen LogP contribution in [-0.4, -0.2) is 52.9 Å². The Hall–Kier alpha value is -5.29. The molecule has 4 atom stereocenters. The van der Waals surface area contributed by atoms with E-state index in [0.29, 0.717) is 0 Å². The van der Waals surface area contributed by atoms with Crippen molar-refractivity contribution in [3.63, 3.8) is 0 Å². The normalized spacial score (nSPS) is 17.0. The summed E-state index contributed by atoms with van der Waals surface area (Å²) < 4.78 is 9.64. The molecule has 0 spiro atoms. The topological polar surface area (TPSA) is 108 Å². The summed E-state index contributed by atoms with van der Waals surface area (Å²) in [5.74, 6) is 0. The zero-order valence-corrected chi connectivity index (χ0v) is 57.3. The van der Waals surface area contributed by atoms with E-state index in [-0.39, 0.29) is 58.3 Å². The zero-order chi connectivity index (χ0) is 57.8. The van der Waals surface area contributed by atoms with E-state index < -0.39 is 32.9 Å². The van der Waals surface area contributed by atoms with Gasteiger partial charge >= 0.3 is 34.1 Å². The Morgan fingerprint density at radius 3 is 0.598 bits per heavy atom. The summed E-state index contributed by atoms with van der Waals surface area (Å²) in [7, 11) is -4.42. The van der Waals surface area contributed by atoms with Crippen LogP contribution in [0.4, 0.5) is 0 Å². The van der Waals surface area contributed by atoms with E-state index in [1.54, 1.807) is 0 Å². The van der Waals surface area contributed by atoms with Crippen LogP contribution in [0.15, 0.2) is 195 Å². The first kappa shape index (κ1) is 67.5. The number of nitrogens with zero attached hydrogens (tertiary/aromatic N) is 8. The van der Waals surface area contributed by atoms with Gasteiger partial charge in [-0.3, -0.25) is 19.9 Å². The second kappa shape index (κ2) is 30.0. The van der Waals surface area contributed by atoms with Crippen molar-refractivity contribution in [1.82, 2.24) is 19.9 Å². The van der Waals surface area contributed by atoms with Gasteiger partial charge in [-0.1, -0.05) is 279 Å². The van der Waals surface area contributed by atoms with E-state index in [0.717, 1.165) is 22.8 Å². The first-order valence-corrected chi connectivity index (χ1v) is 41.9. The first-order chi connectivity index (χ1) is 37.8. The maximum absolute atomic E-state index is 5.29. The molecule has 2 aliphatic rings. The summed E-state index contributed by atoms with van der Waals surface area (Å²) in [6, 6.07) is 58.5. The molecule has 8 aromatic rings. The van der Waals surface area contributed by atoms with Crippen LogP contribution in [0.25, 0.3) is 42.2 Å².